The Hall–Kier alpha value is -2.95. The second-order valence-corrected chi connectivity index (χ2v) is 5.99. The summed E-state index contributed by atoms with van der Waals surface area (Å²) in [6, 6.07) is 3.00. The van der Waals surface area contributed by atoms with E-state index in [1.54, 1.807) is 0 Å². The minimum Gasteiger partial charge on any atom is -0.507 e. The van der Waals surface area contributed by atoms with E-state index in [1.807, 2.05) is 0 Å². The zero-order chi connectivity index (χ0) is 26.3. The van der Waals surface area contributed by atoms with Crippen LogP contribution in [0.1, 0.15) is 5.56 Å². The number of hydrazone groups is 1. The van der Waals surface area contributed by atoms with Crippen molar-refractivity contribution in [3.05, 3.63) is 23.8 Å². The van der Waals surface area contributed by atoms with Gasteiger partial charge in [0.2, 0.25) is 0 Å². The molecule has 0 saturated carbocycles. The third kappa shape index (κ3) is 4.46. The van der Waals surface area contributed by atoms with Crippen molar-refractivity contribution in [2.75, 3.05) is 7.11 Å². The van der Waals surface area contributed by atoms with Crippen LogP contribution < -0.4 is 10.2 Å². The van der Waals surface area contributed by atoms with Crippen molar-refractivity contribution in [2.24, 2.45) is 5.10 Å². The lowest BCUT2D eigenvalue weighted by atomic mass is 9.93. The molecule has 0 aromatic heterocycles. The molecule has 1 amide bonds. The van der Waals surface area contributed by atoms with Gasteiger partial charge in [0, 0.05) is 5.56 Å². The largest absolute Gasteiger partial charge is 0.507 e. The summed E-state index contributed by atoms with van der Waals surface area (Å²) in [5, 5.41) is 12.0. The summed E-state index contributed by atoms with van der Waals surface area (Å²) in [7, 11) is 1.12. The Morgan fingerprint density at radius 1 is 0.879 bits per heavy atom. The van der Waals surface area contributed by atoms with Gasteiger partial charge in [0.25, 0.3) is 0 Å². The number of hydrogen-bond donors (Lipinski definition) is 2. The van der Waals surface area contributed by atoms with Gasteiger partial charge in [-0.15, -0.1) is 0 Å². The number of aromatic hydroxyl groups is 1. The molecule has 0 aliphatic rings. The molecule has 0 saturated heterocycles. The fourth-order valence-electron chi connectivity index (χ4n) is 1.91. The van der Waals surface area contributed by atoms with Crippen LogP contribution >= 0.6 is 0 Å². The van der Waals surface area contributed by atoms with E-state index in [0.717, 1.165) is 25.3 Å². The second-order valence-electron chi connectivity index (χ2n) is 5.99. The summed E-state index contributed by atoms with van der Waals surface area (Å²) in [6.45, 7) is 0. The maximum atomic E-state index is 13.6. The first-order chi connectivity index (χ1) is 14.6. The Bertz CT molecular complexity index is 913. The Labute approximate surface area is 173 Å². The summed E-state index contributed by atoms with van der Waals surface area (Å²) >= 11 is 0. The molecule has 1 aromatic rings. The normalized spacial score (nSPS) is 14.5. The number of nitrogens with one attached hydrogen (secondary N) is 1. The average molecular weight is 512 g/mol. The molecule has 0 spiro atoms. The Kier molecular flexibility index (Phi) is 7.18. The number of benzene rings is 1. The Morgan fingerprint density at radius 2 is 1.36 bits per heavy atom. The lowest BCUT2D eigenvalue weighted by Crippen LogP contribution is -2.71. The van der Waals surface area contributed by atoms with Crippen molar-refractivity contribution < 1.29 is 71.7 Å². The van der Waals surface area contributed by atoms with Gasteiger partial charge in [0.15, 0.2) is 0 Å². The van der Waals surface area contributed by atoms with E-state index in [0.29, 0.717) is 5.43 Å². The van der Waals surface area contributed by atoms with Crippen LogP contribution in [0.3, 0.4) is 0 Å². The highest BCUT2D eigenvalue weighted by Crippen LogP contribution is 2.60. The van der Waals surface area contributed by atoms with E-state index in [2.05, 4.69) is 9.84 Å². The van der Waals surface area contributed by atoms with Gasteiger partial charge in [-0.05, 0) is 18.2 Å². The predicted octanol–water partition coefficient (Wildman–Crippen LogP) is 4.59. The van der Waals surface area contributed by atoms with Gasteiger partial charge in [-0.3, -0.25) is 4.79 Å². The number of phenolic OH excluding ortho intramolecular Hbond substituents is 1. The van der Waals surface area contributed by atoms with E-state index >= 15 is 0 Å². The van der Waals surface area contributed by atoms with Gasteiger partial charge in [0.1, 0.15) is 11.5 Å². The molecule has 0 bridgehead atoms. The van der Waals surface area contributed by atoms with Gasteiger partial charge in [-0.1, -0.05) is 0 Å². The molecule has 0 aliphatic heterocycles. The van der Waals surface area contributed by atoms with Gasteiger partial charge in [-0.2, -0.15) is 62.2 Å². The molecular formula is C15H9F13N2O3. The Morgan fingerprint density at radius 3 is 1.82 bits per heavy atom. The van der Waals surface area contributed by atoms with Crippen molar-refractivity contribution >= 4 is 12.1 Å². The minimum absolute atomic E-state index is 0.00935. The van der Waals surface area contributed by atoms with Crippen LogP contribution in [0.5, 0.6) is 11.5 Å². The summed E-state index contributed by atoms with van der Waals surface area (Å²) in [4.78, 5) is 11.2. The predicted molar refractivity (Wildman–Crippen MR) is 81.2 cm³/mol. The smallest absolute Gasteiger partial charge is 0.460 e. The summed E-state index contributed by atoms with van der Waals surface area (Å²) in [5.74, 6) is -43.2. The number of ether oxygens (including phenoxy) is 1. The maximum absolute atomic E-state index is 13.6. The number of hydrogen-bond acceptors (Lipinski definition) is 4. The van der Waals surface area contributed by atoms with Crippen LogP contribution in [0.15, 0.2) is 23.3 Å². The molecule has 2 N–H and O–H groups in total. The first kappa shape index (κ1) is 28.1. The van der Waals surface area contributed by atoms with Crippen LogP contribution in [0.4, 0.5) is 57.1 Å². The standard InChI is InChI=1S/C15H9F13N2O3/c1-33-7-2-3-8(31)6(4-7)5-29-30-9(32)10(16,17)11(18,19)12(20,21)13(22,23)14(24,25)15(26,27)28/h2-5,31H,1H3,(H,30,32). The molecule has 18 heteroatoms. The van der Waals surface area contributed by atoms with E-state index < -0.39 is 53.0 Å². The number of carbonyl (C=O) groups is 1. The first-order valence-corrected chi connectivity index (χ1v) is 7.76. The number of halogens is 13. The molecule has 1 aromatic carbocycles. The topological polar surface area (TPSA) is 70.9 Å². The van der Waals surface area contributed by atoms with Crippen molar-refractivity contribution in [3.8, 4) is 11.5 Å². The lowest BCUT2D eigenvalue weighted by Gasteiger charge is -2.38. The number of methoxy groups -OCH3 is 1. The number of phenols is 1. The number of carbonyl (C=O) groups excluding carboxylic acids is 1. The maximum Gasteiger partial charge on any atom is 0.460 e. The van der Waals surface area contributed by atoms with Gasteiger partial charge >= 0.3 is 41.7 Å². The second kappa shape index (κ2) is 8.44. The van der Waals surface area contributed by atoms with E-state index in [9.17, 15) is 67.0 Å². The lowest BCUT2D eigenvalue weighted by molar-refractivity contribution is -0.436. The van der Waals surface area contributed by atoms with Crippen LogP contribution in [0.2, 0.25) is 0 Å². The Balaban J connectivity index is 3.27. The van der Waals surface area contributed by atoms with E-state index in [4.69, 9.17) is 0 Å². The highest BCUT2D eigenvalue weighted by molar-refractivity contribution is 5.88. The van der Waals surface area contributed by atoms with Gasteiger partial charge in [0.05, 0.1) is 13.3 Å². The van der Waals surface area contributed by atoms with Crippen molar-refractivity contribution in [2.45, 2.75) is 35.8 Å². The highest BCUT2D eigenvalue weighted by atomic mass is 19.4. The van der Waals surface area contributed by atoms with Crippen LogP contribution in [-0.4, -0.2) is 60.1 Å². The van der Waals surface area contributed by atoms with Gasteiger partial charge in [-0.25, -0.2) is 5.43 Å². The zero-order valence-electron chi connectivity index (χ0n) is 15.4. The minimum atomic E-state index is -8.12. The number of amides is 1. The van der Waals surface area contributed by atoms with Crippen molar-refractivity contribution in [3.63, 3.8) is 0 Å². The number of alkyl halides is 13. The number of rotatable bonds is 8. The SMILES string of the molecule is COc1ccc(O)c(C=NNC(=O)C(F)(F)C(F)(F)C(F)(F)C(F)(F)C(F)(F)C(F)(F)F)c1. The molecular weight excluding hydrogens is 503 g/mol. The molecule has 0 heterocycles. The summed E-state index contributed by atoms with van der Waals surface area (Å²) in [6.07, 6.45) is -7.30. The first-order valence-electron chi connectivity index (χ1n) is 7.76. The molecule has 33 heavy (non-hydrogen) atoms. The zero-order valence-corrected chi connectivity index (χ0v) is 15.4. The van der Waals surface area contributed by atoms with Crippen molar-refractivity contribution in [1.29, 1.82) is 0 Å². The molecule has 0 aliphatic carbocycles. The van der Waals surface area contributed by atoms with Crippen LogP contribution in [-0.2, 0) is 4.79 Å². The quantitative estimate of drug-likeness (QED) is 0.304. The van der Waals surface area contributed by atoms with Crippen LogP contribution in [0, 0.1) is 0 Å². The van der Waals surface area contributed by atoms with E-state index in [-0.39, 0.29) is 12.0 Å². The van der Waals surface area contributed by atoms with Crippen LogP contribution in [0.25, 0.3) is 0 Å². The van der Waals surface area contributed by atoms with Gasteiger partial charge < -0.3 is 9.84 Å². The molecule has 5 nitrogen and oxygen atoms in total. The fourth-order valence-corrected chi connectivity index (χ4v) is 1.91. The number of nitrogens with zero attached hydrogens (tertiary/aromatic N) is 1. The monoisotopic (exact) mass is 512 g/mol. The molecule has 0 radical (unpaired) electrons. The fraction of sp³-hybridized carbons (Fsp3) is 0.467. The van der Waals surface area contributed by atoms with E-state index in [1.165, 1.54) is 0 Å². The molecule has 188 valence electrons. The highest BCUT2D eigenvalue weighted by Gasteiger charge is 2.91. The molecule has 1 rings (SSSR count). The average Bonchev–Trinajstić information content (AvgIpc) is 2.67. The third-order valence-electron chi connectivity index (χ3n) is 3.82. The molecule has 0 unspecified atom stereocenters. The summed E-state index contributed by atoms with van der Waals surface area (Å²) < 4.78 is 173. The third-order valence-corrected chi connectivity index (χ3v) is 3.82. The molecule has 0 atom stereocenters. The summed E-state index contributed by atoms with van der Waals surface area (Å²) in [5.41, 5.74) is 0.0430. The molecule has 0 fully saturated rings. The van der Waals surface area contributed by atoms with Crippen molar-refractivity contribution in [1.82, 2.24) is 5.43 Å².